The van der Waals surface area contributed by atoms with Gasteiger partial charge < -0.3 is 14.6 Å². The van der Waals surface area contributed by atoms with E-state index in [4.69, 9.17) is 9.97 Å². The molecule has 0 aliphatic rings. The van der Waals surface area contributed by atoms with Crippen molar-refractivity contribution in [1.29, 1.82) is 0 Å². The first-order valence-electron chi connectivity index (χ1n) is 14.5. The molecule has 0 aliphatic heterocycles. The predicted molar refractivity (Wildman–Crippen MR) is 177 cm³/mol. The van der Waals surface area contributed by atoms with Crippen molar-refractivity contribution in [2.45, 2.75) is 19.8 Å². The van der Waals surface area contributed by atoms with Gasteiger partial charge in [-0.15, -0.1) is 0 Å². The van der Waals surface area contributed by atoms with Crippen LogP contribution in [0.15, 0.2) is 127 Å². The molecule has 43 heavy (non-hydrogen) atoms. The second kappa shape index (κ2) is 11.0. The molecule has 0 radical (unpaired) electrons. The van der Waals surface area contributed by atoms with E-state index in [0.29, 0.717) is 17.2 Å². The molecule has 0 aliphatic carbocycles. The monoisotopic (exact) mass is 559 g/mol. The van der Waals surface area contributed by atoms with Crippen molar-refractivity contribution in [2.75, 3.05) is 0 Å². The fraction of sp³-hybridized carbons (Fsp3) is 0.0811. The molecule has 0 atom stereocenters. The van der Waals surface area contributed by atoms with Crippen LogP contribution in [0.4, 0.5) is 0 Å². The Hall–Kier alpha value is -5.04. The Morgan fingerprint density at radius 1 is 0.581 bits per heavy atom. The highest BCUT2D eigenvalue weighted by atomic mass is 16.4. The van der Waals surface area contributed by atoms with Gasteiger partial charge in [-0.1, -0.05) is 105 Å². The van der Waals surface area contributed by atoms with Crippen molar-refractivity contribution in [3.05, 3.63) is 133 Å². The quantitative estimate of drug-likeness (QED) is 0.209. The van der Waals surface area contributed by atoms with Crippen molar-refractivity contribution in [3.8, 4) is 39.6 Å². The summed E-state index contributed by atoms with van der Waals surface area (Å²) in [7, 11) is -1.53. The van der Waals surface area contributed by atoms with Gasteiger partial charge >= 0.3 is 7.12 Å². The molecule has 2 aromatic heterocycles. The van der Waals surface area contributed by atoms with Crippen LogP contribution in [0.1, 0.15) is 25.3 Å². The van der Waals surface area contributed by atoms with Gasteiger partial charge in [0, 0.05) is 33.2 Å². The summed E-state index contributed by atoms with van der Waals surface area (Å²) in [5, 5.41) is 21.7. The van der Waals surface area contributed by atoms with E-state index in [2.05, 4.69) is 97.3 Å². The minimum Gasteiger partial charge on any atom is -0.423 e. The number of nitrogens with zero attached hydrogens (tertiary/aromatic N) is 3. The fourth-order valence-corrected chi connectivity index (χ4v) is 5.75. The normalized spacial score (nSPS) is 11.5. The van der Waals surface area contributed by atoms with Gasteiger partial charge in [0.2, 0.25) is 0 Å². The van der Waals surface area contributed by atoms with Crippen LogP contribution in [0.5, 0.6) is 0 Å². The summed E-state index contributed by atoms with van der Waals surface area (Å²) in [5.41, 5.74) is 9.44. The zero-order valence-corrected chi connectivity index (χ0v) is 24.0. The summed E-state index contributed by atoms with van der Waals surface area (Å²) >= 11 is 0. The molecule has 0 saturated carbocycles. The van der Waals surface area contributed by atoms with E-state index in [1.165, 1.54) is 5.56 Å². The Morgan fingerprint density at radius 2 is 1.26 bits per heavy atom. The van der Waals surface area contributed by atoms with E-state index in [9.17, 15) is 10.0 Å². The van der Waals surface area contributed by atoms with Crippen molar-refractivity contribution in [3.63, 3.8) is 0 Å². The van der Waals surface area contributed by atoms with Crippen LogP contribution in [-0.4, -0.2) is 31.7 Å². The summed E-state index contributed by atoms with van der Waals surface area (Å²) in [5.74, 6) is 1.09. The van der Waals surface area contributed by atoms with E-state index < -0.39 is 7.12 Å². The lowest BCUT2D eigenvalue weighted by atomic mass is 9.80. The van der Waals surface area contributed by atoms with Crippen LogP contribution in [-0.2, 0) is 0 Å². The predicted octanol–water partition coefficient (Wildman–Crippen LogP) is 7.38. The fourth-order valence-electron chi connectivity index (χ4n) is 5.75. The van der Waals surface area contributed by atoms with Gasteiger partial charge in [-0.05, 0) is 53.3 Å². The Balaban J connectivity index is 1.42. The molecule has 208 valence electrons. The molecule has 0 amide bonds. The van der Waals surface area contributed by atoms with Crippen LogP contribution in [0.2, 0.25) is 0 Å². The third-order valence-electron chi connectivity index (χ3n) is 8.00. The first-order valence-corrected chi connectivity index (χ1v) is 14.5. The van der Waals surface area contributed by atoms with E-state index in [0.717, 1.165) is 55.6 Å². The van der Waals surface area contributed by atoms with E-state index in [1.54, 1.807) is 6.07 Å². The highest BCUT2D eigenvalue weighted by Gasteiger charge is 2.18. The van der Waals surface area contributed by atoms with Gasteiger partial charge in [-0.2, -0.15) is 0 Å². The van der Waals surface area contributed by atoms with E-state index in [1.807, 2.05) is 42.5 Å². The molecular weight excluding hydrogens is 529 g/mol. The van der Waals surface area contributed by atoms with Crippen molar-refractivity contribution in [1.82, 2.24) is 14.5 Å². The Bertz CT molecular complexity index is 2100. The average Bonchev–Trinajstić information content (AvgIpc) is 3.39. The maximum Gasteiger partial charge on any atom is 0.488 e. The minimum absolute atomic E-state index is 0.399. The van der Waals surface area contributed by atoms with E-state index >= 15 is 0 Å². The highest BCUT2D eigenvalue weighted by molar-refractivity contribution is 6.59. The first-order chi connectivity index (χ1) is 21.0. The van der Waals surface area contributed by atoms with Crippen LogP contribution in [0, 0.1) is 0 Å². The largest absolute Gasteiger partial charge is 0.488 e. The molecule has 2 heterocycles. The van der Waals surface area contributed by atoms with Crippen LogP contribution < -0.4 is 5.46 Å². The first kappa shape index (κ1) is 26.8. The molecular formula is C37H30BN3O2. The standard InChI is InChI=1S/C37H30BN3O2/c1-24(2)26-12-8-14-28(20-26)37-39-33(25-10-4-3-5-11-25)23-34(40-37)27-13-9-15-30(21-27)41-35-17-7-6-16-31(35)32-22-29(38(42)43)18-19-36(32)41/h3-24,42-43H,1-2H3. The molecule has 7 rings (SSSR count). The van der Waals surface area contributed by atoms with Gasteiger partial charge in [0.15, 0.2) is 5.82 Å². The minimum atomic E-state index is -1.53. The number of hydrogen-bond acceptors (Lipinski definition) is 4. The van der Waals surface area contributed by atoms with Crippen LogP contribution in [0.25, 0.3) is 61.4 Å². The van der Waals surface area contributed by atoms with Crippen LogP contribution >= 0.6 is 0 Å². The van der Waals surface area contributed by atoms with Crippen LogP contribution in [0.3, 0.4) is 0 Å². The number of benzene rings is 5. The third kappa shape index (κ3) is 5.01. The molecule has 0 unspecified atom stereocenters. The van der Waals surface area contributed by atoms with Crippen molar-refractivity contribution in [2.24, 2.45) is 0 Å². The summed E-state index contributed by atoms with van der Waals surface area (Å²) in [6, 6.07) is 42.9. The molecule has 0 fully saturated rings. The third-order valence-corrected chi connectivity index (χ3v) is 8.00. The second-order valence-corrected chi connectivity index (χ2v) is 11.2. The number of fused-ring (bicyclic) bond motifs is 3. The molecule has 0 spiro atoms. The maximum absolute atomic E-state index is 9.83. The molecule has 0 saturated heterocycles. The summed E-state index contributed by atoms with van der Waals surface area (Å²) < 4.78 is 2.22. The second-order valence-electron chi connectivity index (χ2n) is 11.2. The lowest BCUT2D eigenvalue weighted by molar-refractivity contribution is 0.426. The molecule has 5 nitrogen and oxygen atoms in total. The Labute approximate surface area is 250 Å². The van der Waals surface area contributed by atoms with Gasteiger partial charge in [-0.25, -0.2) is 9.97 Å². The molecule has 5 aromatic carbocycles. The zero-order valence-electron chi connectivity index (χ0n) is 24.0. The summed E-state index contributed by atoms with van der Waals surface area (Å²) in [6.07, 6.45) is 0. The van der Waals surface area contributed by atoms with Crippen molar-refractivity contribution >= 4 is 34.4 Å². The lowest BCUT2D eigenvalue weighted by Gasteiger charge is -2.13. The maximum atomic E-state index is 9.83. The van der Waals surface area contributed by atoms with Gasteiger partial charge in [0.25, 0.3) is 0 Å². The molecule has 7 aromatic rings. The Morgan fingerprint density at radius 3 is 2.05 bits per heavy atom. The molecule has 2 N–H and O–H groups in total. The summed E-state index contributed by atoms with van der Waals surface area (Å²) in [4.78, 5) is 10.1. The topological polar surface area (TPSA) is 71.2 Å². The van der Waals surface area contributed by atoms with Gasteiger partial charge in [-0.3, -0.25) is 0 Å². The highest BCUT2D eigenvalue weighted by Crippen LogP contribution is 2.34. The number of hydrogen-bond donors (Lipinski definition) is 2. The lowest BCUT2D eigenvalue weighted by Crippen LogP contribution is -2.29. The van der Waals surface area contributed by atoms with E-state index in [-0.39, 0.29) is 0 Å². The van der Waals surface area contributed by atoms with Crippen molar-refractivity contribution < 1.29 is 10.0 Å². The zero-order chi connectivity index (χ0) is 29.5. The number of aromatic nitrogens is 3. The SMILES string of the molecule is CC(C)c1cccc(-c2nc(-c3ccccc3)cc(-c3cccc(-n4c5ccccc5c5cc(B(O)O)ccc54)c3)n2)c1. The van der Waals surface area contributed by atoms with Gasteiger partial charge in [0.05, 0.1) is 22.4 Å². The average molecular weight is 559 g/mol. The summed E-state index contributed by atoms with van der Waals surface area (Å²) in [6.45, 7) is 4.39. The molecule has 6 heteroatoms. The Kier molecular flexibility index (Phi) is 6.86. The smallest absolute Gasteiger partial charge is 0.423 e. The number of para-hydroxylation sites is 1. The van der Waals surface area contributed by atoms with Gasteiger partial charge in [0.1, 0.15) is 0 Å². The molecule has 0 bridgehead atoms. The number of rotatable bonds is 6.